The van der Waals surface area contributed by atoms with E-state index >= 15 is 0 Å². The maximum atomic E-state index is 13.0. The van der Waals surface area contributed by atoms with E-state index in [0.717, 1.165) is 6.42 Å². The Bertz CT molecular complexity index is 467. The SMILES string of the molecule is COc1cccc(C(F)F)c1C1(C(=O)O)CCC1. The van der Waals surface area contributed by atoms with Crippen LogP contribution in [0.4, 0.5) is 8.78 Å². The standard InChI is InChI=1S/C13H14F2O3/c1-18-9-5-2-4-8(11(14)15)10(9)13(12(16)17)6-3-7-13/h2,4-5,11H,3,6-7H2,1H3,(H,16,17). The summed E-state index contributed by atoms with van der Waals surface area (Å²) >= 11 is 0. The fourth-order valence-electron chi connectivity index (χ4n) is 2.51. The molecule has 0 bridgehead atoms. The molecular formula is C13H14F2O3. The first-order chi connectivity index (χ1) is 8.53. The van der Waals surface area contributed by atoms with Gasteiger partial charge in [0.1, 0.15) is 5.75 Å². The Morgan fingerprint density at radius 1 is 1.44 bits per heavy atom. The molecule has 0 aliphatic heterocycles. The topological polar surface area (TPSA) is 46.5 Å². The van der Waals surface area contributed by atoms with Crippen molar-refractivity contribution >= 4 is 5.97 Å². The van der Waals surface area contributed by atoms with E-state index in [-0.39, 0.29) is 16.9 Å². The van der Waals surface area contributed by atoms with Crippen LogP contribution in [0.5, 0.6) is 5.75 Å². The summed E-state index contributed by atoms with van der Waals surface area (Å²) in [5.74, 6) is -0.824. The maximum absolute atomic E-state index is 13.0. The first-order valence-corrected chi connectivity index (χ1v) is 5.72. The highest BCUT2D eigenvalue weighted by Gasteiger charge is 2.49. The van der Waals surface area contributed by atoms with Crippen molar-refractivity contribution in [2.24, 2.45) is 0 Å². The zero-order valence-corrected chi connectivity index (χ0v) is 9.95. The molecule has 0 aromatic heterocycles. The Kier molecular flexibility index (Phi) is 3.24. The van der Waals surface area contributed by atoms with Gasteiger partial charge >= 0.3 is 5.97 Å². The van der Waals surface area contributed by atoms with Gasteiger partial charge in [0.05, 0.1) is 12.5 Å². The molecule has 1 saturated carbocycles. The summed E-state index contributed by atoms with van der Waals surface area (Å²) in [5, 5.41) is 9.36. The first-order valence-electron chi connectivity index (χ1n) is 5.72. The smallest absolute Gasteiger partial charge is 0.314 e. The van der Waals surface area contributed by atoms with Crippen LogP contribution in [0, 0.1) is 0 Å². The van der Waals surface area contributed by atoms with Crippen LogP contribution in [0.15, 0.2) is 18.2 Å². The minimum Gasteiger partial charge on any atom is -0.496 e. The number of ether oxygens (including phenoxy) is 1. The number of carboxylic acids is 1. The lowest BCUT2D eigenvalue weighted by Crippen LogP contribution is -2.43. The van der Waals surface area contributed by atoms with E-state index in [1.807, 2.05) is 0 Å². The fourth-order valence-corrected chi connectivity index (χ4v) is 2.51. The second-order valence-electron chi connectivity index (χ2n) is 4.47. The van der Waals surface area contributed by atoms with E-state index < -0.39 is 17.8 Å². The predicted octanol–water partition coefficient (Wildman–Crippen LogP) is 3.14. The maximum Gasteiger partial charge on any atom is 0.314 e. The highest BCUT2D eigenvalue weighted by atomic mass is 19.3. The number of carbonyl (C=O) groups is 1. The van der Waals surface area contributed by atoms with E-state index in [2.05, 4.69) is 0 Å². The third-order valence-corrected chi connectivity index (χ3v) is 3.61. The van der Waals surface area contributed by atoms with E-state index in [4.69, 9.17) is 4.74 Å². The summed E-state index contributed by atoms with van der Waals surface area (Å²) in [6, 6.07) is 4.26. The summed E-state index contributed by atoms with van der Waals surface area (Å²) in [6.07, 6.45) is -1.22. The van der Waals surface area contributed by atoms with E-state index in [9.17, 15) is 18.7 Å². The number of hydrogen-bond donors (Lipinski definition) is 1. The van der Waals surface area contributed by atoms with Gasteiger partial charge in [-0.05, 0) is 18.9 Å². The molecule has 0 atom stereocenters. The van der Waals surface area contributed by atoms with Gasteiger partial charge in [0, 0.05) is 11.1 Å². The van der Waals surface area contributed by atoms with Crippen LogP contribution in [-0.2, 0) is 10.2 Å². The molecule has 0 radical (unpaired) electrons. The molecule has 1 aromatic carbocycles. The molecule has 0 spiro atoms. The number of benzene rings is 1. The Morgan fingerprint density at radius 2 is 2.11 bits per heavy atom. The predicted molar refractivity (Wildman–Crippen MR) is 61.1 cm³/mol. The molecule has 18 heavy (non-hydrogen) atoms. The molecule has 0 heterocycles. The number of alkyl halides is 2. The molecule has 5 heteroatoms. The van der Waals surface area contributed by atoms with Crippen molar-refractivity contribution in [2.75, 3.05) is 7.11 Å². The number of rotatable bonds is 4. The van der Waals surface area contributed by atoms with E-state index in [1.165, 1.54) is 25.3 Å². The lowest BCUT2D eigenvalue weighted by atomic mass is 9.63. The van der Waals surface area contributed by atoms with Crippen molar-refractivity contribution in [2.45, 2.75) is 31.1 Å². The van der Waals surface area contributed by atoms with Crippen molar-refractivity contribution < 1.29 is 23.4 Å². The number of hydrogen-bond acceptors (Lipinski definition) is 2. The van der Waals surface area contributed by atoms with Gasteiger partial charge in [0.15, 0.2) is 0 Å². The monoisotopic (exact) mass is 256 g/mol. The van der Waals surface area contributed by atoms with Crippen molar-refractivity contribution in [1.82, 2.24) is 0 Å². The van der Waals surface area contributed by atoms with Gasteiger partial charge < -0.3 is 9.84 Å². The summed E-state index contributed by atoms with van der Waals surface area (Å²) in [6.45, 7) is 0. The zero-order chi connectivity index (χ0) is 13.3. The van der Waals surface area contributed by atoms with E-state index in [1.54, 1.807) is 0 Å². The van der Waals surface area contributed by atoms with Crippen molar-refractivity contribution in [1.29, 1.82) is 0 Å². The molecule has 0 unspecified atom stereocenters. The van der Waals surface area contributed by atoms with Crippen LogP contribution < -0.4 is 4.74 Å². The Hall–Kier alpha value is -1.65. The Labute approximate surface area is 103 Å². The second-order valence-corrected chi connectivity index (χ2v) is 4.47. The highest BCUT2D eigenvalue weighted by molar-refractivity contribution is 5.84. The molecule has 0 amide bonds. The van der Waals surface area contributed by atoms with E-state index in [0.29, 0.717) is 12.8 Å². The molecule has 0 saturated heterocycles. The molecule has 1 fully saturated rings. The van der Waals surface area contributed by atoms with Gasteiger partial charge in [0.25, 0.3) is 6.43 Å². The average Bonchev–Trinajstić information content (AvgIpc) is 2.26. The van der Waals surface area contributed by atoms with Crippen LogP contribution in [0.25, 0.3) is 0 Å². The minimum atomic E-state index is -2.70. The normalized spacial score (nSPS) is 17.3. The largest absolute Gasteiger partial charge is 0.496 e. The van der Waals surface area contributed by atoms with Gasteiger partial charge in [-0.25, -0.2) is 8.78 Å². The second kappa shape index (κ2) is 4.55. The summed E-state index contributed by atoms with van der Waals surface area (Å²) in [5.41, 5.74) is -1.31. The van der Waals surface area contributed by atoms with Crippen molar-refractivity contribution in [3.05, 3.63) is 29.3 Å². The molecular weight excluding hydrogens is 242 g/mol. The average molecular weight is 256 g/mol. The van der Waals surface area contributed by atoms with Crippen LogP contribution in [0.1, 0.15) is 36.8 Å². The molecule has 1 aromatic rings. The highest BCUT2D eigenvalue weighted by Crippen LogP contribution is 2.50. The Morgan fingerprint density at radius 3 is 2.50 bits per heavy atom. The van der Waals surface area contributed by atoms with Crippen LogP contribution >= 0.6 is 0 Å². The first kappa shape index (κ1) is 12.8. The summed E-state index contributed by atoms with van der Waals surface area (Å²) < 4.78 is 31.2. The van der Waals surface area contributed by atoms with Gasteiger partial charge in [-0.3, -0.25) is 4.79 Å². The summed E-state index contributed by atoms with van der Waals surface area (Å²) in [4.78, 5) is 11.4. The number of methoxy groups -OCH3 is 1. The molecule has 98 valence electrons. The van der Waals surface area contributed by atoms with Gasteiger partial charge in [-0.2, -0.15) is 0 Å². The van der Waals surface area contributed by atoms with Gasteiger partial charge in [0.2, 0.25) is 0 Å². The molecule has 1 N–H and O–H groups in total. The lowest BCUT2D eigenvalue weighted by molar-refractivity contribution is -0.147. The molecule has 1 aliphatic carbocycles. The number of halogens is 2. The molecule has 3 nitrogen and oxygen atoms in total. The van der Waals surface area contributed by atoms with Crippen molar-refractivity contribution in [3.8, 4) is 5.75 Å². The molecule has 1 aliphatic rings. The zero-order valence-electron chi connectivity index (χ0n) is 9.95. The lowest BCUT2D eigenvalue weighted by Gasteiger charge is -2.40. The quantitative estimate of drug-likeness (QED) is 0.900. The minimum absolute atomic E-state index is 0.140. The number of aliphatic carboxylic acids is 1. The van der Waals surface area contributed by atoms with Gasteiger partial charge in [-0.15, -0.1) is 0 Å². The Balaban J connectivity index is 2.63. The van der Waals surface area contributed by atoms with Crippen molar-refractivity contribution in [3.63, 3.8) is 0 Å². The van der Waals surface area contributed by atoms with Gasteiger partial charge in [-0.1, -0.05) is 18.6 Å². The third-order valence-electron chi connectivity index (χ3n) is 3.61. The van der Waals surface area contributed by atoms with Crippen LogP contribution in [0.3, 0.4) is 0 Å². The third kappa shape index (κ3) is 1.74. The van der Waals surface area contributed by atoms with Crippen LogP contribution in [-0.4, -0.2) is 18.2 Å². The van der Waals surface area contributed by atoms with Crippen LogP contribution in [0.2, 0.25) is 0 Å². The summed E-state index contributed by atoms with van der Waals surface area (Å²) in [7, 11) is 1.36. The number of carboxylic acid groups (broad SMARTS) is 1. The molecule has 2 rings (SSSR count). The fraction of sp³-hybridized carbons (Fsp3) is 0.462.